The standard InChI is InChI=1S/C24H24F6N6O/c1-13-19-12-37-11-15(19)8-18-20(4-3-5-31-21(13)18)36(22-32-34-35(2)33-22)10-14-6-16(23(25,26)27)9-17(7-14)24(28,29)30/h6-9,20,31H,3-5,10-12H2,1-2H3. The van der Waals surface area contributed by atoms with Gasteiger partial charge in [-0.05, 0) is 77.1 Å². The van der Waals surface area contributed by atoms with Gasteiger partial charge in [-0.2, -0.15) is 31.1 Å². The highest BCUT2D eigenvalue weighted by Crippen LogP contribution is 2.43. The van der Waals surface area contributed by atoms with Gasteiger partial charge in [-0.1, -0.05) is 5.10 Å². The number of rotatable bonds is 4. The molecule has 1 atom stereocenters. The van der Waals surface area contributed by atoms with Crippen LogP contribution in [0, 0.1) is 6.92 Å². The Morgan fingerprint density at radius 1 is 1.05 bits per heavy atom. The molecule has 1 N–H and O–H groups in total. The van der Waals surface area contributed by atoms with Crippen LogP contribution in [0.4, 0.5) is 38.0 Å². The number of hydrogen-bond donors (Lipinski definition) is 1. The normalized spacial score (nSPS) is 17.7. The molecule has 0 aliphatic carbocycles. The number of tetrazole rings is 1. The first kappa shape index (κ1) is 25.3. The van der Waals surface area contributed by atoms with Crippen LogP contribution in [0.3, 0.4) is 0 Å². The molecule has 2 aliphatic rings. The molecule has 0 fully saturated rings. The molecule has 0 saturated heterocycles. The molecular weight excluding hydrogens is 502 g/mol. The summed E-state index contributed by atoms with van der Waals surface area (Å²) in [6, 6.07) is 3.20. The summed E-state index contributed by atoms with van der Waals surface area (Å²) in [4.78, 5) is 2.84. The zero-order chi connectivity index (χ0) is 26.5. The second-order valence-corrected chi connectivity index (χ2v) is 9.30. The number of alkyl halides is 6. The molecule has 0 saturated carbocycles. The van der Waals surface area contributed by atoms with Gasteiger partial charge in [0.05, 0.1) is 37.4 Å². The largest absolute Gasteiger partial charge is 0.416 e. The zero-order valence-electron chi connectivity index (χ0n) is 20.0. The number of aryl methyl sites for hydroxylation is 1. The first-order chi connectivity index (χ1) is 17.4. The average molecular weight is 526 g/mol. The van der Waals surface area contributed by atoms with Crippen molar-refractivity contribution < 1.29 is 31.1 Å². The first-order valence-corrected chi connectivity index (χ1v) is 11.7. The summed E-state index contributed by atoms with van der Waals surface area (Å²) in [5, 5.41) is 15.6. The molecule has 37 heavy (non-hydrogen) atoms. The number of nitrogens with one attached hydrogen (secondary N) is 1. The number of benzene rings is 2. The van der Waals surface area contributed by atoms with Gasteiger partial charge in [0.1, 0.15) is 0 Å². The monoisotopic (exact) mass is 526 g/mol. The Balaban J connectivity index is 1.64. The summed E-state index contributed by atoms with van der Waals surface area (Å²) in [7, 11) is 1.54. The maximum Gasteiger partial charge on any atom is 0.416 e. The first-order valence-electron chi connectivity index (χ1n) is 11.7. The van der Waals surface area contributed by atoms with Crippen LogP contribution >= 0.6 is 0 Å². The van der Waals surface area contributed by atoms with Gasteiger partial charge in [0, 0.05) is 18.8 Å². The van der Waals surface area contributed by atoms with E-state index in [0.29, 0.717) is 32.6 Å². The Bertz CT molecular complexity index is 1290. The second kappa shape index (κ2) is 9.19. The lowest BCUT2D eigenvalue weighted by Crippen LogP contribution is -2.30. The topological polar surface area (TPSA) is 68.1 Å². The summed E-state index contributed by atoms with van der Waals surface area (Å²) in [5.74, 6) is 0.112. The summed E-state index contributed by atoms with van der Waals surface area (Å²) in [6.07, 6.45) is -8.60. The SMILES string of the molecule is Cc1c2c(cc3c1NCCCC3N(Cc1cc(C(F)(F)F)cc(C(F)(F)F)c1)c1nnn(C)n1)COC2. The number of ether oxygens (including phenoxy) is 1. The lowest BCUT2D eigenvalue weighted by atomic mass is 9.92. The Kier molecular flexibility index (Phi) is 6.29. The minimum Gasteiger partial charge on any atom is -0.385 e. The van der Waals surface area contributed by atoms with Crippen molar-refractivity contribution in [2.45, 2.75) is 57.9 Å². The van der Waals surface area contributed by atoms with E-state index in [4.69, 9.17) is 4.74 Å². The molecule has 0 bridgehead atoms. The van der Waals surface area contributed by atoms with E-state index in [1.807, 2.05) is 13.0 Å². The van der Waals surface area contributed by atoms with E-state index in [0.717, 1.165) is 40.1 Å². The molecular formula is C24H24F6N6O. The molecule has 1 aromatic heterocycles. The highest BCUT2D eigenvalue weighted by atomic mass is 19.4. The fourth-order valence-electron chi connectivity index (χ4n) is 5.05. The lowest BCUT2D eigenvalue weighted by Gasteiger charge is -2.32. The third-order valence-electron chi connectivity index (χ3n) is 6.78. The molecule has 5 rings (SSSR count). The summed E-state index contributed by atoms with van der Waals surface area (Å²) >= 11 is 0. The molecule has 1 unspecified atom stereocenters. The minimum absolute atomic E-state index is 0.112. The molecule has 0 amide bonds. The predicted molar refractivity (Wildman–Crippen MR) is 122 cm³/mol. The van der Waals surface area contributed by atoms with E-state index in [2.05, 4.69) is 20.7 Å². The third-order valence-corrected chi connectivity index (χ3v) is 6.78. The van der Waals surface area contributed by atoms with Crippen LogP contribution in [-0.4, -0.2) is 26.8 Å². The second-order valence-electron chi connectivity index (χ2n) is 9.30. The third kappa shape index (κ3) is 4.96. The summed E-state index contributed by atoms with van der Waals surface area (Å²) < 4.78 is 86.8. The van der Waals surface area contributed by atoms with Crippen molar-refractivity contribution in [3.05, 3.63) is 63.2 Å². The minimum atomic E-state index is -4.94. The van der Waals surface area contributed by atoms with Crippen molar-refractivity contribution in [1.29, 1.82) is 0 Å². The van der Waals surface area contributed by atoms with Gasteiger partial charge in [-0.3, -0.25) is 0 Å². The number of anilines is 2. The molecule has 3 aromatic rings. The average Bonchev–Trinajstić information content (AvgIpc) is 3.41. The van der Waals surface area contributed by atoms with Gasteiger partial charge in [0.15, 0.2) is 0 Å². The predicted octanol–water partition coefficient (Wildman–Crippen LogP) is 5.54. The maximum atomic E-state index is 13.5. The van der Waals surface area contributed by atoms with Crippen LogP contribution in [0.1, 0.15) is 57.8 Å². The van der Waals surface area contributed by atoms with Gasteiger partial charge in [0.2, 0.25) is 0 Å². The Hall–Kier alpha value is -3.35. The van der Waals surface area contributed by atoms with Crippen molar-refractivity contribution in [1.82, 2.24) is 20.2 Å². The van der Waals surface area contributed by atoms with Crippen LogP contribution in [0.15, 0.2) is 24.3 Å². The quantitative estimate of drug-likeness (QED) is 0.451. The maximum absolute atomic E-state index is 13.5. The van der Waals surface area contributed by atoms with Crippen LogP contribution in [-0.2, 0) is 43.9 Å². The molecule has 3 heterocycles. The van der Waals surface area contributed by atoms with Crippen molar-refractivity contribution in [2.24, 2.45) is 7.05 Å². The number of fused-ring (bicyclic) bond motifs is 2. The summed E-state index contributed by atoms with van der Waals surface area (Å²) in [6.45, 7) is 3.28. The van der Waals surface area contributed by atoms with Crippen molar-refractivity contribution >= 4 is 11.6 Å². The van der Waals surface area contributed by atoms with Crippen molar-refractivity contribution in [3.63, 3.8) is 0 Å². The van der Waals surface area contributed by atoms with E-state index in [1.165, 1.54) is 11.8 Å². The van der Waals surface area contributed by atoms with Gasteiger partial charge in [0.25, 0.3) is 5.95 Å². The van der Waals surface area contributed by atoms with Crippen LogP contribution in [0.2, 0.25) is 0 Å². The molecule has 2 aliphatic heterocycles. The lowest BCUT2D eigenvalue weighted by molar-refractivity contribution is -0.143. The number of nitrogens with zero attached hydrogens (tertiary/aromatic N) is 5. The van der Waals surface area contributed by atoms with E-state index in [-0.39, 0.29) is 24.1 Å². The Morgan fingerprint density at radius 2 is 1.76 bits per heavy atom. The fourth-order valence-corrected chi connectivity index (χ4v) is 5.05. The van der Waals surface area contributed by atoms with E-state index in [9.17, 15) is 26.3 Å². The van der Waals surface area contributed by atoms with E-state index >= 15 is 0 Å². The number of hydrogen-bond acceptors (Lipinski definition) is 6. The van der Waals surface area contributed by atoms with Crippen molar-refractivity contribution in [3.8, 4) is 0 Å². The fraction of sp³-hybridized carbons (Fsp3) is 0.458. The van der Waals surface area contributed by atoms with Crippen LogP contribution in [0.5, 0.6) is 0 Å². The summed E-state index contributed by atoms with van der Waals surface area (Å²) in [5.41, 5.74) is 1.99. The van der Waals surface area contributed by atoms with Gasteiger partial charge < -0.3 is 15.0 Å². The number of aromatic nitrogens is 4. The highest BCUT2D eigenvalue weighted by Gasteiger charge is 2.38. The molecule has 0 spiro atoms. The van der Waals surface area contributed by atoms with Crippen LogP contribution in [0.25, 0.3) is 0 Å². The van der Waals surface area contributed by atoms with Gasteiger partial charge >= 0.3 is 12.4 Å². The zero-order valence-corrected chi connectivity index (χ0v) is 20.0. The Labute approximate surface area is 208 Å². The molecule has 198 valence electrons. The van der Waals surface area contributed by atoms with Crippen LogP contribution < -0.4 is 10.2 Å². The number of halogens is 6. The van der Waals surface area contributed by atoms with E-state index in [1.54, 1.807) is 4.90 Å². The Morgan fingerprint density at radius 3 is 2.38 bits per heavy atom. The smallest absolute Gasteiger partial charge is 0.385 e. The molecule has 0 radical (unpaired) electrons. The van der Waals surface area contributed by atoms with Crippen molar-refractivity contribution in [2.75, 3.05) is 16.8 Å². The molecule has 2 aromatic carbocycles. The van der Waals surface area contributed by atoms with Gasteiger partial charge in [-0.15, -0.1) is 5.10 Å². The molecule has 13 heteroatoms. The van der Waals surface area contributed by atoms with E-state index < -0.39 is 29.5 Å². The van der Waals surface area contributed by atoms with Gasteiger partial charge in [-0.25, -0.2) is 0 Å². The highest BCUT2D eigenvalue weighted by molar-refractivity contribution is 5.65. The molecule has 7 nitrogen and oxygen atoms in total.